The molecule has 4 nitrogen and oxygen atoms in total. The van der Waals surface area contributed by atoms with Crippen LogP contribution in [0.4, 0.5) is 8.78 Å². The average Bonchev–Trinajstić information content (AvgIpc) is 2.15. The molecule has 0 heterocycles. The molecule has 3 N–H and O–H groups in total. The van der Waals surface area contributed by atoms with Crippen molar-refractivity contribution in [1.29, 1.82) is 0 Å². The summed E-state index contributed by atoms with van der Waals surface area (Å²) < 4.78 is 30.3. The van der Waals surface area contributed by atoms with Crippen molar-refractivity contribution in [2.75, 3.05) is 7.11 Å². The first-order valence-electron chi connectivity index (χ1n) is 4.46. The van der Waals surface area contributed by atoms with Crippen LogP contribution in [0.2, 0.25) is 0 Å². The van der Waals surface area contributed by atoms with Gasteiger partial charge in [-0.15, -0.1) is 12.4 Å². The minimum atomic E-state index is -1.08. The summed E-state index contributed by atoms with van der Waals surface area (Å²) in [4.78, 5) is 10.9. The molecule has 1 rings (SSSR count). The number of carbonyl (C=O) groups excluding carboxylic acids is 1. The number of hydrogen-bond donors (Lipinski definition) is 2. The molecular weight excluding hydrogens is 256 g/mol. The largest absolute Gasteiger partial charge is 0.507 e. The molecule has 1 aromatic rings. The molecule has 0 radical (unpaired) electrons. The normalized spacial score (nSPS) is 11.5. The molecule has 0 fully saturated rings. The third-order valence-electron chi connectivity index (χ3n) is 2.06. The Balaban J connectivity index is 0.00000256. The van der Waals surface area contributed by atoms with Crippen molar-refractivity contribution in [3.05, 3.63) is 29.3 Å². The van der Waals surface area contributed by atoms with Crippen LogP contribution in [0.15, 0.2) is 12.1 Å². The zero-order valence-corrected chi connectivity index (χ0v) is 9.76. The fourth-order valence-electron chi connectivity index (χ4n) is 1.30. The summed E-state index contributed by atoms with van der Waals surface area (Å²) in [6, 6.07) is 0.245. The maximum atomic E-state index is 13.3. The van der Waals surface area contributed by atoms with Crippen LogP contribution < -0.4 is 5.73 Å². The van der Waals surface area contributed by atoms with E-state index in [9.17, 15) is 18.7 Å². The smallest absolute Gasteiger partial charge is 0.307 e. The molecule has 0 saturated heterocycles. The van der Waals surface area contributed by atoms with Gasteiger partial charge in [0.2, 0.25) is 0 Å². The molecule has 17 heavy (non-hydrogen) atoms. The van der Waals surface area contributed by atoms with Crippen molar-refractivity contribution < 1.29 is 23.4 Å². The number of nitrogens with two attached hydrogens (primary N) is 1. The van der Waals surface area contributed by atoms with Gasteiger partial charge < -0.3 is 15.6 Å². The van der Waals surface area contributed by atoms with Crippen LogP contribution in [0, 0.1) is 11.6 Å². The standard InChI is InChI=1S/C10H11F2NO3.ClH/c1-16-9(15)4-7(13)10-6(12)2-5(11)3-8(10)14;/h2-3,7,14H,4,13H2,1H3;1H/t7-;/m0./s1. The summed E-state index contributed by atoms with van der Waals surface area (Å²) in [5, 5.41) is 9.32. The van der Waals surface area contributed by atoms with Crippen molar-refractivity contribution >= 4 is 18.4 Å². The van der Waals surface area contributed by atoms with Crippen molar-refractivity contribution in [2.24, 2.45) is 5.73 Å². The second-order valence-corrected chi connectivity index (χ2v) is 3.21. The van der Waals surface area contributed by atoms with Crippen molar-refractivity contribution in [3.63, 3.8) is 0 Å². The highest BCUT2D eigenvalue weighted by molar-refractivity contribution is 5.85. The van der Waals surface area contributed by atoms with Crippen molar-refractivity contribution in [1.82, 2.24) is 0 Å². The molecule has 0 aliphatic rings. The molecule has 0 aliphatic carbocycles. The van der Waals surface area contributed by atoms with Gasteiger partial charge in [0, 0.05) is 23.7 Å². The minimum absolute atomic E-state index is 0. The van der Waals surface area contributed by atoms with E-state index in [2.05, 4.69) is 4.74 Å². The summed E-state index contributed by atoms with van der Waals surface area (Å²) in [6.45, 7) is 0. The van der Waals surface area contributed by atoms with E-state index < -0.39 is 29.4 Å². The molecule has 0 aliphatic heterocycles. The van der Waals surface area contributed by atoms with Gasteiger partial charge in [-0.1, -0.05) is 0 Å². The van der Waals surface area contributed by atoms with Crippen LogP contribution in [0.3, 0.4) is 0 Å². The Morgan fingerprint density at radius 3 is 2.59 bits per heavy atom. The lowest BCUT2D eigenvalue weighted by Gasteiger charge is -2.13. The van der Waals surface area contributed by atoms with E-state index in [1.54, 1.807) is 0 Å². The number of hydrogen-bond acceptors (Lipinski definition) is 4. The van der Waals surface area contributed by atoms with Crippen LogP contribution in [0.5, 0.6) is 5.75 Å². The van der Waals surface area contributed by atoms with Gasteiger partial charge in [0.15, 0.2) is 0 Å². The van der Waals surface area contributed by atoms with E-state index >= 15 is 0 Å². The van der Waals surface area contributed by atoms with Gasteiger partial charge in [-0.05, 0) is 0 Å². The minimum Gasteiger partial charge on any atom is -0.507 e. The van der Waals surface area contributed by atoms with Crippen LogP contribution in [0.25, 0.3) is 0 Å². The fourth-order valence-corrected chi connectivity index (χ4v) is 1.30. The van der Waals surface area contributed by atoms with E-state index in [0.717, 1.165) is 13.2 Å². The van der Waals surface area contributed by atoms with Crippen LogP contribution in [0.1, 0.15) is 18.0 Å². The summed E-state index contributed by atoms with van der Waals surface area (Å²) in [7, 11) is 1.16. The Bertz CT molecular complexity index is 392. The molecule has 0 bridgehead atoms. The highest BCUT2D eigenvalue weighted by Crippen LogP contribution is 2.28. The maximum absolute atomic E-state index is 13.3. The number of methoxy groups -OCH3 is 1. The molecule has 1 aromatic carbocycles. The van der Waals surface area contributed by atoms with E-state index in [0.29, 0.717) is 6.07 Å². The number of phenolic OH excluding ortho intramolecular Hbond substituents is 1. The third kappa shape index (κ3) is 3.83. The maximum Gasteiger partial charge on any atom is 0.307 e. The molecule has 0 saturated carbocycles. The van der Waals surface area contributed by atoms with Gasteiger partial charge in [0.1, 0.15) is 17.4 Å². The number of rotatable bonds is 3. The van der Waals surface area contributed by atoms with Crippen molar-refractivity contribution in [2.45, 2.75) is 12.5 Å². The lowest BCUT2D eigenvalue weighted by Crippen LogP contribution is -2.18. The van der Waals surface area contributed by atoms with E-state index in [4.69, 9.17) is 5.73 Å². The number of ether oxygens (including phenoxy) is 1. The Labute approximate surface area is 103 Å². The third-order valence-corrected chi connectivity index (χ3v) is 2.06. The number of phenols is 1. The summed E-state index contributed by atoms with van der Waals surface area (Å²) in [5.74, 6) is -3.16. The Hall–Kier alpha value is -1.40. The summed E-state index contributed by atoms with van der Waals surface area (Å²) >= 11 is 0. The second-order valence-electron chi connectivity index (χ2n) is 3.21. The first-order chi connectivity index (χ1) is 7.45. The summed E-state index contributed by atoms with van der Waals surface area (Å²) in [5.41, 5.74) is 5.20. The van der Waals surface area contributed by atoms with Crippen LogP contribution in [-0.2, 0) is 9.53 Å². The quantitative estimate of drug-likeness (QED) is 0.817. The average molecular weight is 268 g/mol. The molecule has 0 aromatic heterocycles. The van der Waals surface area contributed by atoms with E-state index in [1.165, 1.54) is 0 Å². The number of aromatic hydroxyl groups is 1. The first-order valence-corrected chi connectivity index (χ1v) is 4.46. The molecule has 7 heteroatoms. The molecular formula is C10H12ClF2NO3. The lowest BCUT2D eigenvalue weighted by molar-refractivity contribution is -0.141. The zero-order valence-electron chi connectivity index (χ0n) is 8.94. The highest BCUT2D eigenvalue weighted by atomic mass is 35.5. The van der Waals surface area contributed by atoms with Gasteiger partial charge >= 0.3 is 5.97 Å². The summed E-state index contributed by atoms with van der Waals surface area (Å²) in [6.07, 6.45) is -0.299. The molecule has 0 amide bonds. The van der Waals surface area contributed by atoms with Crippen LogP contribution in [-0.4, -0.2) is 18.2 Å². The molecule has 96 valence electrons. The SMILES string of the molecule is COC(=O)C[C@H](N)c1c(O)cc(F)cc1F.Cl. The highest BCUT2D eigenvalue weighted by Gasteiger charge is 2.20. The van der Waals surface area contributed by atoms with Crippen LogP contribution >= 0.6 is 12.4 Å². The Kier molecular flexibility index (Phi) is 5.84. The first kappa shape index (κ1) is 15.6. The molecule has 1 atom stereocenters. The number of carbonyl (C=O) groups is 1. The topological polar surface area (TPSA) is 72.5 Å². The molecule has 0 unspecified atom stereocenters. The molecule has 0 spiro atoms. The predicted octanol–water partition coefficient (Wildman–Crippen LogP) is 1.66. The van der Waals surface area contributed by atoms with Gasteiger partial charge in [-0.3, -0.25) is 4.79 Å². The van der Waals surface area contributed by atoms with Gasteiger partial charge in [0.25, 0.3) is 0 Å². The van der Waals surface area contributed by atoms with Crippen molar-refractivity contribution in [3.8, 4) is 5.75 Å². The second kappa shape index (κ2) is 6.36. The number of esters is 1. The lowest BCUT2D eigenvalue weighted by atomic mass is 10.0. The van der Waals surface area contributed by atoms with E-state index in [1.807, 2.05) is 0 Å². The van der Waals surface area contributed by atoms with Gasteiger partial charge in [0.05, 0.1) is 13.5 Å². The Morgan fingerprint density at radius 2 is 2.12 bits per heavy atom. The monoisotopic (exact) mass is 267 g/mol. The number of benzene rings is 1. The Morgan fingerprint density at radius 1 is 1.53 bits per heavy atom. The predicted molar refractivity (Wildman–Crippen MR) is 58.8 cm³/mol. The zero-order chi connectivity index (χ0) is 12.3. The van der Waals surface area contributed by atoms with Gasteiger partial charge in [-0.25, -0.2) is 8.78 Å². The van der Waals surface area contributed by atoms with E-state index in [-0.39, 0.29) is 24.4 Å². The number of halogens is 3. The fraction of sp³-hybridized carbons (Fsp3) is 0.300. The van der Waals surface area contributed by atoms with Gasteiger partial charge in [-0.2, -0.15) is 0 Å².